The average molecular weight is 163 g/mol. The van der Waals surface area contributed by atoms with Gasteiger partial charge in [0.15, 0.2) is 0 Å². The van der Waals surface area contributed by atoms with Crippen LogP contribution in [0.1, 0.15) is 20.8 Å². The van der Waals surface area contributed by atoms with Crippen LogP contribution in [0.4, 0.5) is 4.79 Å². The van der Waals surface area contributed by atoms with Crippen LogP contribution >= 0.6 is 9.47 Å². The number of hydrogen-bond acceptors (Lipinski definition) is 2. The molecule has 1 N–H and O–H groups in total. The van der Waals surface area contributed by atoms with Crippen molar-refractivity contribution in [1.82, 2.24) is 5.32 Å². The Morgan fingerprint density at radius 2 is 2.10 bits per heavy atom. The molecule has 0 spiro atoms. The van der Waals surface area contributed by atoms with Crippen LogP contribution in [-0.4, -0.2) is 12.6 Å². The molecule has 0 aliphatic rings. The minimum atomic E-state index is -0.403. The molecule has 0 radical (unpaired) electrons. The van der Waals surface area contributed by atoms with Gasteiger partial charge in [0.25, 0.3) is 0 Å². The molecule has 0 fully saturated rings. The Morgan fingerprint density at radius 1 is 1.60 bits per heavy atom. The fraction of sp³-hybridized carbons (Fsp3) is 0.833. The lowest BCUT2D eigenvalue weighted by atomic mass is 9.97. The molecule has 0 aromatic carbocycles. The van der Waals surface area contributed by atoms with Crippen LogP contribution < -0.4 is 5.32 Å². The summed E-state index contributed by atoms with van der Waals surface area (Å²) in [4.78, 5) is 10.5. The third kappa shape index (κ3) is 5.83. The smallest absolute Gasteiger partial charge is 0.409 e. The van der Waals surface area contributed by atoms with Gasteiger partial charge in [0.1, 0.15) is 0 Å². The number of hydrogen-bond donors (Lipinski definition) is 1. The monoisotopic (exact) mass is 163 g/mol. The minimum Gasteiger partial charge on any atom is -0.435 e. The molecule has 0 aromatic heterocycles. The van der Waals surface area contributed by atoms with Crippen molar-refractivity contribution in [1.29, 1.82) is 0 Å². The van der Waals surface area contributed by atoms with Crippen LogP contribution in [0.2, 0.25) is 0 Å². The Morgan fingerprint density at radius 3 is 2.40 bits per heavy atom. The first kappa shape index (κ1) is 9.70. The molecule has 0 saturated heterocycles. The molecular weight excluding hydrogens is 149 g/mol. The fourth-order valence-electron chi connectivity index (χ4n) is 0.379. The molecule has 0 heterocycles. The van der Waals surface area contributed by atoms with E-state index in [0.717, 1.165) is 0 Å². The van der Waals surface area contributed by atoms with E-state index < -0.39 is 6.09 Å². The lowest BCUT2D eigenvalue weighted by Crippen LogP contribution is -2.31. The number of carbonyl (C=O) groups excluding carboxylic acids is 1. The van der Waals surface area contributed by atoms with Crippen LogP contribution in [-0.2, 0) is 4.52 Å². The van der Waals surface area contributed by atoms with Gasteiger partial charge in [-0.1, -0.05) is 20.8 Å². The Balaban J connectivity index is 3.46. The number of rotatable bonds is 1. The van der Waals surface area contributed by atoms with Crippen LogP contribution in [0.15, 0.2) is 0 Å². The van der Waals surface area contributed by atoms with Crippen molar-refractivity contribution in [2.75, 3.05) is 6.54 Å². The average Bonchev–Trinajstić information content (AvgIpc) is 1.81. The molecule has 3 nitrogen and oxygen atoms in total. The number of nitrogens with one attached hydrogen (secondary N) is 1. The summed E-state index contributed by atoms with van der Waals surface area (Å²) in [6.45, 7) is 6.74. The van der Waals surface area contributed by atoms with Gasteiger partial charge < -0.3 is 9.84 Å². The molecule has 1 atom stereocenters. The molecule has 0 aliphatic carbocycles. The molecule has 4 heteroatoms. The fourth-order valence-corrected chi connectivity index (χ4v) is 0.462. The topological polar surface area (TPSA) is 38.3 Å². The van der Waals surface area contributed by atoms with Crippen LogP contribution in [0.5, 0.6) is 0 Å². The molecule has 0 aliphatic heterocycles. The maximum atomic E-state index is 10.5. The van der Waals surface area contributed by atoms with E-state index in [1.54, 1.807) is 0 Å². The quantitative estimate of drug-likeness (QED) is 0.595. The largest absolute Gasteiger partial charge is 0.435 e. The summed E-state index contributed by atoms with van der Waals surface area (Å²) in [6, 6.07) is 0. The van der Waals surface area contributed by atoms with E-state index in [9.17, 15) is 4.79 Å². The van der Waals surface area contributed by atoms with Gasteiger partial charge in [0.2, 0.25) is 0 Å². The Hall–Kier alpha value is -0.300. The van der Waals surface area contributed by atoms with Gasteiger partial charge in [-0.3, -0.25) is 0 Å². The van der Waals surface area contributed by atoms with Crippen LogP contribution in [0, 0.1) is 5.41 Å². The summed E-state index contributed by atoms with van der Waals surface area (Å²) in [6.07, 6.45) is -0.403. The van der Waals surface area contributed by atoms with Crippen LogP contribution in [0.3, 0.4) is 0 Å². The van der Waals surface area contributed by atoms with E-state index in [4.69, 9.17) is 0 Å². The Labute approximate surface area is 63.8 Å². The van der Waals surface area contributed by atoms with Gasteiger partial charge in [-0.15, -0.1) is 0 Å². The maximum absolute atomic E-state index is 10.5. The van der Waals surface area contributed by atoms with Crippen molar-refractivity contribution in [3.8, 4) is 0 Å². The normalized spacial score (nSPS) is 10.8. The predicted molar refractivity (Wildman–Crippen MR) is 43.6 cm³/mol. The van der Waals surface area contributed by atoms with Crippen molar-refractivity contribution >= 4 is 15.6 Å². The Kier molecular flexibility index (Phi) is 3.66. The van der Waals surface area contributed by atoms with Gasteiger partial charge in [-0.2, -0.15) is 0 Å². The van der Waals surface area contributed by atoms with E-state index in [1.807, 2.05) is 30.2 Å². The zero-order chi connectivity index (χ0) is 8.20. The molecular formula is C6H14NO2P. The summed E-state index contributed by atoms with van der Waals surface area (Å²) in [5.74, 6) is 0. The van der Waals surface area contributed by atoms with Gasteiger partial charge in [-0.05, 0) is 5.41 Å². The molecule has 0 bridgehead atoms. The molecule has 1 unspecified atom stereocenters. The Bertz CT molecular complexity index is 119. The van der Waals surface area contributed by atoms with Crippen molar-refractivity contribution in [3.05, 3.63) is 0 Å². The first-order valence-corrected chi connectivity index (χ1v) is 3.57. The second kappa shape index (κ2) is 3.77. The van der Waals surface area contributed by atoms with Crippen LogP contribution in [0.25, 0.3) is 0 Å². The van der Waals surface area contributed by atoms with Crippen molar-refractivity contribution in [3.63, 3.8) is 0 Å². The van der Waals surface area contributed by atoms with Crippen molar-refractivity contribution in [2.24, 2.45) is 5.41 Å². The SMILES string of the molecule is CC(C)(C)CNC(=O)OP. The second-order valence-electron chi connectivity index (χ2n) is 3.32. The minimum absolute atomic E-state index is 0.110. The summed E-state index contributed by atoms with van der Waals surface area (Å²) in [7, 11) is 1.90. The molecule has 60 valence electrons. The van der Waals surface area contributed by atoms with E-state index in [0.29, 0.717) is 6.54 Å². The first-order chi connectivity index (χ1) is 4.45. The summed E-state index contributed by atoms with van der Waals surface area (Å²) >= 11 is 0. The van der Waals surface area contributed by atoms with Crippen molar-refractivity contribution < 1.29 is 9.32 Å². The number of amides is 1. The second-order valence-corrected chi connectivity index (χ2v) is 3.56. The zero-order valence-electron chi connectivity index (χ0n) is 6.60. The molecule has 0 rings (SSSR count). The highest BCUT2D eigenvalue weighted by Crippen LogP contribution is 2.10. The van der Waals surface area contributed by atoms with Gasteiger partial charge in [-0.25, -0.2) is 4.79 Å². The first-order valence-electron chi connectivity index (χ1n) is 3.10. The third-order valence-electron chi connectivity index (χ3n) is 0.870. The zero-order valence-corrected chi connectivity index (χ0v) is 7.76. The predicted octanol–water partition coefficient (Wildman–Crippen LogP) is 1.55. The highest BCUT2D eigenvalue weighted by Gasteiger charge is 2.11. The van der Waals surface area contributed by atoms with Gasteiger partial charge in [0, 0.05) is 6.54 Å². The maximum Gasteiger partial charge on any atom is 0.409 e. The highest BCUT2D eigenvalue weighted by atomic mass is 31.0. The highest BCUT2D eigenvalue weighted by molar-refractivity contribution is 7.10. The standard InChI is InChI=1S/C6H14NO2P/c1-6(2,3)4-7-5(8)9-10/h4,10H2,1-3H3,(H,7,8). The van der Waals surface area contributed by atoms with E-state index in [2.05, 4.69) is 9.84 Å². The van der Waals surface area contributed by atoms with Gasteiger partial charge >= 0.3 is 6.09 Å². The molecule has 0 aromatic rings. The van der Waals surface area contributed by atoms with Crippen molar-refractivity contribution in [2.45, 2.75) is 20.8 Å². The van der Waals surface area contributed by atoms with Gasteiger partial charge in [0.05, 0.1) is 9.47 Å². The summed E-state index contributed by atoms with van der Waals surface area (Å²) in [5, 5.41) is 2.59. The third-order valence-corrected chi connectivity index (χ3v) is 1.08. The number of carbonyl (C=O) groups is 1. The molecule has 1 amide bonds. The lowest BCUT2D eigenvalue weighted by molar-refractivity contribution is 0.202. The molecule has 0 saturated carbocycles. The van der Waals surface area contributed by atoms with E-state index >= 15 is 0 Å². The van der Waals surface area contributed by atoms with E-state index in [-0.39, 0.29) is 5.41 Å². The summed E-state index contributed by atoms with van der Waals surface area (Å²) in [5.41, 5.74) is 0.110. The molecule has 10 heavy (non-hydrogen) atoms. The van der Waals surface area contributed by atoms with E-state index in [1.165, 1.54) is 0 Å². The lowest BCUT2D eigenvalue weighted by Gasteiger charge is -2.17. The summed E-state index contributed by atoms with van der Waals surface area (Å²) < 4.78 is 4.31.